The first-order valence-electron chi connectivity index (χ1n) is 7.00. The SMILES string of the molecule is CCCCN(C)C(=O)c1ccc(NCC(C)C)nc1. The van der Waals surface area contributed by atoms with Gasteiger partial charge in [0.1, 0.15) is 5.82 Å². The van der Waals surface area contributed by atoms with E-state index < -0.39 is 0 Å². The van der Waals surface area contributed by atoms with Gasteiger partial charge in [-0.2, -0.15) is 0 Å². The number of unbranched alkanes of at least 4 members (excludes halogenated alkanes) is 1. The highest BCUT2D eigenvalue weighted by Gasteiger charge is 2.11. The maximum atomic E-state index is 12.1. The molecule has 4 nitrogen and oxygen atoms in total. The minimum Gasteiger partial charge on any atom is -0.370 e. The Kier molecular flexibility index (Phi) is 6.33. The molecule has 1 amide bonds. The van der Waals surface area contributed by atoms with Crippen LogP contribution in [0.4, 0.5) is 5.82 Å². The third-order valence-electron chi connectivity index (χ3n) is 2.90. The molecular formula is C15H25N3O. The van der Waals surface area contributed by atoms with Crippen LogP contribution in [0.15, 0.2) is 18.3 Å². The highest BCUT2D eigenvalue weighted by Crippen LogP contribution is 2.08. The molecule has 1 heterocycles. The maximum absolute atomic E-state index is 12.1. The molecule has 0 unspecified atom stereocenters. The average molecular weight is 263 g/mol. The van der Waals surface area contributed by atoms with Crippen LogP contribution < -0.4 is 5.32 Å². The number of pyridine rings is 1. The number of hydrogen-bond acceptors (Lipinski definition) is 3. The third-order valence-corrected chi connectivity index (χ3v) is 2.90. The Balaban J connectivity index is 2.57. The second-order valence-corrected chi connectivity index (χ2v) is 5.29. The summed E-state index contributed by atoms with van der Waals surface area (Å²) < 4.78 is 0. The van der Waals surface area contributed by atoms with Gasteiger partial charge in [-0.1, -0.05) is 27.2 Å². The number of hydrogen-bond donors (Lipinski definition) is 1. The predicted molar refractivity (Wildman–Crippen MR) is 79.4 cm³/mol. The lowest BCUT2D eigenvalue weighted by Gasteiger charge is -2.16. The monoisotopic (exact) mass is 263 g/mol. The number of carbonyl (C=O) groups excluding carboxylic acids is 1. The topological polar surface area (TPSA) is 45.2 Å². The molecule has 0 saturated carbocycles. The summed E-state index contributed by atoms with van der Waals surface area (Å²) >= 11 is 0. The van der Waals surface area contributed by atoms with Gasteiger partial charge in [0.05, 0.1) is 5.56 Å². The Labute approximate surface area is 116 Å². The van der Waals surface area contributed by atoms with Crippen LogP contribution in [0, 0.1) is 5.92 Å². The summed E-state index contributed by atoms with van der Waals surface area (Å²) in [5.41, 5.74) is 0.647. The van der Waals surface area contributed by atoms with Crippen molar-refractivity contribution in [3.05, 3.63) is 23.9 Å². The van der Waals surface area contributed by atoms with Crippen molar-refractivity contribution in [3.63, 3.8) is 0 Å². The van der Waals surface area contributed by atoms with Crippen LogP contribution in [0.1, 0.15) is 44.0 Å². The molecule has 19 heavy (non-hydrogen) atoms. The first-order chi connectivity index (χ1) is 9.04. The number of anilines is 1. The van der Waals surface area contributed by atoms with Crippen molar-refractivity contribution in [1.29, 1.82) is 0 Å². The quantitative estimate of drug-likeness (QED) is 0.822. The molecule has 106 valence electrons. The van der Waals surface area contributed by atoms with E-state index in [4.69, 9.17) is 0 Å². The maximum Gasteiger partial charge on any atom is 0.255 e. The first kappa shape index (κ1) is 15.5. The number of aromatic nitrogens is 1. The molecule has 0 fully saturated rings. The van der Waals surface area contributed by atoms with Crippen LogP contribution in [0.25, 0.3) is 0 Å². The van der Waals surface area contributed by atoms with Gasteiger partial charge >= 0.3 is 0 Å². The summed E-state index contributed by atoms with van der Waals surface area (Å²) in [5.74, 6) is 1.43. The van der Waals surface area contributed by atoms with Gasteiger partial charge in [0.25, 0.3) is 5.91 Å². The van der Waals surface area contributed by atoms with Gasteiger partial charge < -0.3 is 10.2 Å². The van der Waals surface area contributed by atoms with Crippen LogP contribution in [-0.4, -0.2) is 35.9 Å². The highest BCUT2D eigenvalue weighted by molar-refractivity contribution is 5.93. The molecule has 0 aliphatic carbocycles. The summed E-state index contributed by atoms with van der Waals surface area (Å²) in [6, 6.07) is 3.70. The lowest BCUT2D eigenvalue weighted by molar-refractivity contribution is 0.0793. The smallest absolute Gasteiger partial charge is 0.255 e. The van der Waals surface area contributed by atoms with Crippen LogP contribution >= 0.6 is 0 Å². The van der Waals surface area contributed by atoms with Gasteiger partial charge in [0.15, 0.2) is 0 Å². The van der Waals surface area contributed by atoms with Gasteiger partial charge in [-0.05, 0) is 24.5 Å². The minimum atomic E-state index is 0.0383. The third kappa shape index (κ3) is 5.28. The number of nitrogens with one attached hydrogen (secondary N) is 1. The standard InChI is InChI=1S/C15H25N3O/c1-5-6-9-18(4)15(19)13-7-8-14(17-11-13)16-10-12(2)3/h7-8,11-12H,5-6,9-10H2,1-4H3,(H,16,17). The summed E-state index contributed by atoms with van der Waals surface area (Å²) in [7, 11) is 1.84. The highest BCUT2D eigenvalue weighted by atomic mass is 16.2. The molecule has 1 rings (SSSR count). The summed E-state index contributed by atoms with van der Waals surface area (Å²) in [4.78, 5) is 18.1. The van der Waals surface area contributed by atoms with Crippen molar-refractivity contribution in [2.75, 3.05) is 25.5 Å². The van der Waals surface area contributed by atoms with Crippen LogP contribution in [0.2, 0.25) is 0 Å². The fourth-order valence-corrected chi connectivity index (χ4v) is 1.65. The Morgan fingerprint density at radius 3 is 2.68 bits per heavy atom. The predicted octanol–water partition coefficient (Wildman–Crippen LogP) is 3.02. The second kappa shape index (κ2) is 7.77. The lowest BCUT2D eigenvalue weighted by Crippen LogP contribution is -2.27. The molecule has 0 saturated heterocycles. The summed E-state index contributed by atoms with van der Waals surface area (Å²) in [6.07, 6.45) is 3.77. The van der Waals surface area contributed by atoms with E-state index in [2.05, 4.69) is 31.1 Å². The largest absolute Gasteiger partial charge is 0.370 e. The van der Waals surface area contributed by atoms with E-state index in [0.717, 1.165) is 31.7 Å². The Hall–Kier alpha value is -1.58. The zero-order chi connectivity index (χ0) is 14.3. The fourth-order valence-electron chi connectivity index (χ4n) is 1.65. The summed E-state index contributed by atoms with van der Waals surface area (Å²) in [6.45, 7) is 8.09. The van der Waals surface area contributed by atoms with Gasteiger partial charge in [-0.15, -0.1) is 0 Å². The first-order valence-corrected chi connectivity index (χ1v) is 7.00. The normalized spacial score (nSPS) is 10.6. The molecule has 0 bridgehead atoms. The van der Waals surface area contributed by atoms with Crippen LogP contribution in [0.3, 0.4) is 0 Å². The Morgan fingerprint density at radius 1 is 1.42 bits per heavy atom. The molecule has 1 aromatic rings. The number of rotatable bonds is 7. The molecule has 4 heteroatoms. The fraction of sp³-hybridized carbons (Fsp3) is 0.600. The van der Waals surface area contributed by atoms with E-state index in [1.54, 1.807) is 11.1 Å². The van der Waals surface area contributed by atoms with Gasteiger partial charge in [0.2, 0.25) is 0 Å². The van der Waals surface area contributed by atoms with Crippen molar-refractivity contribution in [1.82, 2.24) is 9.88 Å². The minimum absolute atomic E-state index is 0.0383. The molecule has 0 atom stereocenters. The van der Waals surface area contributed by atoms with Crippen molar-refractivity contribution in [2.45, 2.75) is 33.6 Å². The van der Waals surface area contributed by atoms with Crippen molar-refractivity contribution in [3.8, 4) is 0 Å². The molecule has 0 spiro atoms. The Morgan fingerprint density at radius 2 is 2.16 bits per heavy atom. The molecule has 0 aliphatic rings. The van der Waals surface area contributed by atoms with E-state index >= 15 is 0 Å². The number of nitrogens with zero attached hydrogens (tertiary/aromatic N) is 2. The zero-order valence-electron chi connectivity index (χ0n) is 12.4. The number of carbonyl (C=O) groups is 1. The van der Waals surface area contributed by atoms with Gasteiger partial charge in [-0.3, -0.25) is 4.79 Å². The number of amides is 1. The average Bonchev–Trinajstić information content (AvgIpc) is 2.42. The molecule has 1 aromatic heterocycles. The van der Waals surface area contributed by atoms with Crippen molar-refractivity contribution in [2.24, 2.45) is 5.92 Å². The molecule has 1 N–H and O–H groups in total. The van der Waals surface area contributed by atoms with E-state index in [0.29, 0.717) is 11.5 Å². The van der Waals surface area contributed by atoms with Crippen molar-refractivity contribution >= 4 is 11.7 Å². The van der Waals surface area contributed by atoms with E-state index in [9.17, 15) is 4.79 Å². The van der Waals surface area contributed by atoms with Gasteiger partial charge in [-0.25, -0.2) is 4.98 Å². The van der Waals surface area contributed by atoms with Crippen molar-refractivity contribution < 1.29 is 4.79 Å². The zero-order valence-corrected chi connectivity index (χ0v) is 12.4. The van der Waals surface area contributed by atoms with E-state index in [1.807, 2.05) is 19.2 Å². The van der Waals surface area contributed by atoms with Crippen LogP contribution in [-0.2, 0) is 0 Å². The lowest BCUT2D eigenvalue weighted by atomic mass is 10.2. The van der Waals surface area contributed by atoms with E-state index in [1.165, 1.54) is 0 Å². The molecule has 0 aliphatic heterocycles. The second-order valence-electron chi connectivity index (χ2n) is 5.29. The Bertz CT molecular complexity index is 387. The van der Waals surface area contributed by atoms with E-state index in [-0.39, 0.29) is 5.91 Å². The van der Waals surface area contributed by atoms with Gasteiger partial charge in [0, 0.05) is 26.3 Å². The molecule has 0 radical (unpaired) electrons. The summed E-state index contributed by atoms with van der Waals surface area (Å²) in [5, 5.41) is 3.24. The molecule has 0 aromatic carbocycles. The molecular weight excluding hydrogens is 238 g/mol. The van der Waals surface area contributed by atoms with Crippen LogP contribution in [0.5, 0.6) is 0 Å².